The third kappa shape index (κ3) is 5.23. The number of likely N-dealkylation sites (tertiary alicyclic amines) is 2. The second kappa shape index (κ2) is 9.56. The van der Waals surface area contributed by atoms with E-state index in [0.29, 0.717) is 23.0 Å². The molecule has 0 spiro atoms. The summed E-state index contributed by atoms with van der Waals surface area (Å²) in [5.74, 6) is 0.822. The maximum absolute atomic E-state index is 13.0. The minimum absolute atomic E-state index is 0.00600. The van der Waals surface area contributed by atoms with Crippen LogP contribution in [-0.4, -0.2) is 60.9 Å². The molecule has 1 atom stereocenters. The van der Waals surface area contributed by atoms with Crippen LogP contribution in [0.5, 0.6) is 0 Å². The molecular formula is C21H30ClN3O2. The van der Waals surface area contributed by atoms with E-state index in [1.807, 2.05) is 9.80 Å². The number of hydrogen-bond donors (Lipinski definition) is 1. The number of halogens is 1. The average molecular weight is 392 g/mol. The van der Waals surface area contributed by atoms with E-state index in [9.17, 15) is 9.59 Å². The van der Waals surface area contributed by atoms with E-state index in [1.54, 1.807) is 24.3 Å². The Balaban J connectivity index is 1.54. The first-order chi connectivity index (χ1) is 13.1. The molecule has 2 saturated heterocycles. The Morgan fingerprint density at radius 2 is 1.78 bits per heavy atom. The predicted molar refractivity (Wildman–Crippen MR) is 108 cm³/mol. The van der Waals surface area contributed by atoms with Crippen molar-refractivity contribution in [2.24, 2.45) is 11.8 Å². The molecule has 2 amide bonds. The summed E-state index contributed by atoms with van der Waals surface area (Å²) >= 11 is 5.91. The Hall–Kier alpha value is -1.59. The van der Waals surface area contributed by atoms with Crippen LogP contribution in [0.3, 0.4) is 0 Å². The van der Waals surface area contributed by atoms with Gasteiger partial charge in [0.25, 0.3) is 5.91 Å². The minimum atomic E-state index is -0.0692. The fraction of sp³-hybridized carbons (Fsp3) is 0.619. The van der Waals surface area contributed by atoms with Crippen LogP contribution in [0.2, 0.25) is 5.02 Å². The van der Waals surface area contributed by atoms with Crippen molar-refractivity contribution in [1.82, 2.24) is 15.1 Å². The van der Waals surface area contributed by atoms with E-state index in [1.165, 1.54) is 0 Å². The van der Waals surface area contributed by atoms with Crippen molar-refractivity contribution < 1.29 is 9.59 Å². The van der Waals surface area contributed by atoms with Crippen molar-refractivity contribution in [1.29, 1.82) is 0 Å². The molecule has 2 aliphatic heterocycles. The Morgan fingerprint density at radius 1 is 1.07 bits per heavy atom. The first-order valence-corrected chi connectivity index (χ1v) is 10.5. The van der Waals surface area contributed by atoms with Gasteiger partial charge in [-0.2, -0.15) is 0 Å². The van der Waals surface area contributed by atoms with Gasteiger partial charge >= 0.3 is 0 Å². The molecule has 1 unspecified atom stereocenters. The lowest BCUT2D eigenvalue weighted by Crippen LogP contribution is -2.49. The van der Waals surface area contributed by atoms with Crippen LogP contribution in [0.4, 0.5) is 0 Å². The van der Waals surface area contributed by atoms with Crippen LogP contribution < -0.4 is 5.32 Å². The van der Waals surface area contributed by atoms with Crippen molar-refractivity contribution in [2.45, 2.75) is 32.6 Å². The minimum Gasteiger partial charge on any atom is -0.342 e. The second-order valence-corrected chi connectivity index (χ2v) is 8.11. The molecule has 3 rings (SSSR count). The topological polar surface area (TPSA) is 52.7 Å². The van der Waals surface area contributed by atoms with E-state index in [0.717, 1.165) is 58.4 Å². The van der Waals surface area contributed by atoms with Crippen molar-refractivity contribution >= 4 is 23.4 Å². The number of carbonyl (C=O) groups is 2. The second-order valence-electron chi connectivity index (χ2n) is 7.67. The molecule has 5 nitrogen and oxygen atoms in total. The van der Waals surface area contributed by atoms with Gasteiger partial charge in [-0.1, -0.05) is 18.5 Å². The van der Waals surface area contributed by atoms with Crippen LogP contribution in [0, 0.1) is 11.8 Å². The SMILES string of the molecule is CCNCC1CCN(C(=O)C2CCCN(C(=O)c3ccc(Cl)cc3)C2)CC1. The molecule has 1 N–H and O–H groups in total. The van der Waals surface area contributed by atoms with E-state index < -0.39 is 0 Å². The fourth-order valence-corrected chi connectivity index (χ4v) is 4.23. The van der Waals surface area contributed by atoms with Crippen LogP contribution in [0.25, 0.3) is 0 Å². The van der Waals surface area contributed by atoms with Crippen LogP contribution in [0.1, 0.15) is 43.0 Å². The summed E-state index contributed by atoms with van der Waals surface area (Å²) in [6, 6.07) is 6.98. The van der Waals surface area contributed by atoms with Gasteiger partial charge < -0.3 is 15.1 Å². The van der Waals surface area contributed by atoms with Gasteiger partial charge in [0.1, 0.15) is 0 Å². The lowest BCUT2D eigenvalue weighted by Gasteiger charge is -2.38. The number of carbonyl (C=O) groups excluding carboxylic acids is 2. The van der Waals surface area contributed by atoms with Gasteiger partial charge in [0, 0.05) is 36.8 Å². The summed E-state index contributed by atoms with van der Waals surface area (Å²) in [5, 5.41) is 4.03. The van der Waals surface area contributed by atoms with Gasteiger partial charge in [0.05, 0.1) is 5.92 Å². The van der Waals surface area contributed by atoms with E-state index in [4.69, 9.17) is 11.6 Å². The normalized spacial score (nSPS) is 21.3. The third-order valence-electron chi connectivity index (χ3n) is 5.76. The Morgan fingerprint density at radius 3 is 2.44 bits per heavy atom. The van der Waals surface area contributed by atoms with Crippen LogP contribution >= 0.6 is 11.6 Å². The molecule has 27 heavy (non-hydrogen) atoms. The van der Waals surface area contributed by atoms with Crippen molar-refractivity contribution in [3.05, 3.63) is 34.9 Å². The first kappa shape index (κ1) is 20.2. The van der Waals surface area contributed by atoms with E-state index in [2.05, 4.69) is 12.2 Å². The highest BCUT2D eigenvalue weighted by Gasteiger charge is 2.33. The molecule has 0 aliphatic carbocycles. The fourth-order valence-electron chi connectivity index (χ4n) is 4.10. The van der Waals surface area contributed by atoms with Crippen LogP contribution in [-0.2, 0) is 4.79 Å². The van der Waals surface area contributed by atoms with Gasteiger partial charge in [-0.25, -0.2) is 0 Å². The molecule has 0 aromatic heterocycles. The largest absolute Gasteiger partial charge is 0.342 e. The lowest BCUT2D eigenvalue weighted by atomic mass is 9.92. The van der Waals surface area contributed by atoms with Gasteiger partial charge in [-0.15, -0.1) is 0 Å². The number of hydrogen-bond acceptors (Lipinski definition) is 3. The third-order valence-corrected chi connectivity index (χ3v) is 6.01. The van der Waals surface area contributed by atoms with E-state index >= 15 is 0 Å². The van der Waals surface area contributed by atoms with Crippen molar-refractivity contribution in [3.63, 3.8) is 0 Å². The van der Waals surface area contributed by atoms with Crippen molar-refractivity contribution in [2.75, 3.05) is 39.3 Å². The van der Waals surface area contributed by atoms with Gasteiger partial charge in [-0.3, -0.25) is 9.59 Å². The molecule has 0 bridgehead atoms. The Labute approximate surface area is 167 Å². The maximum atomic E-state index is 13.0. The number of benzene rings is 1. The van der Waals surface area contributed by atoms with Crippen molar-refractivity contribution in [3.8, 4) is 0 Å². The molecule has 148 valence electrons. The highest BCUT2D eigenvalue weighted by Crippen LogP contribution is 2.24. The van der Waals surface area contributed by atoms with Gasteiger partial charge in [-0.05, 0) is 69.0 Å². The molecule has 0 radical (unpaired) electrons. The molecule has 2 aliphatic rings. The quantitative estimate of drug-likeness (QED) is 0.839. The Bertz CT molecular complexity index is 641. The number of amides is 2. The number of nitrogens with one attached hydrogen (secondary N) is 1. The summed E-state index contributed by atoms with van der Waals surface area (Å²) in [7, 11) is 0. The zero-order valence-electron chi connectivity index (χ0n) is 16.1. The number of nitrogens with zero attached hydrogens (tertiary/aromatic N) is 2. The average Bonchev–Trinajstić information content (AvgIpc) is 2.72. The highest BCUT2D eigenvalue weighted by atomic mass is 35.5. The molecule has 0 saturated carbocycles. The summed E-state index contributed by atoms with van der Waals surface area (Å²) in [6.07, 6.45) is 3.89. The maximum Gasteiger partial charge on any atom is 0.253 e. The number of rotatable bonds is 5. The standard InChI is InChI=1S/C21H30ClN3O2/c1-2-23-14-16-9-12-24(13-10-16)21(27)18-4-3-11-25(15-18)20(26)17-5-7-19(22)8-6-17/h5-8,16,18,23H,2-4,9-15H2,1H3. The lowest BCUT2D eigenvalue weighted by molar-refractivity contribution is -0.138. The molecular weight excluding hydrogens is 362 g/mol. The summed E-state index contributed by atoms with van der Waals surface area (Å²) in [4.78, 5) is 29.6. The monoisotopic (exact) mass is 391 g/mol. The van der Waals surface area contributed by atoms with Gasteiger partial charge in [0.2, 0.25) is 5.91 Å². The molecule has 6 heteroatoms. The molecule has 2 heterocycles. The zero-order chi connectivity index (χ0) is 19.2. The summed E-state index contributed by atoms with van der Waals surface area (Å²) in [6.45, 7) is 7.10. The summed E-state index contributed by atoms with van der Waals surface area (Å²) < 4.78 is 0. The molecule has 2 fully saturated rings. The highest BCUT2D eigenvalue weighted by molar-refractivity contribution is 6.30. The molecule has 1 aromatic rings. The number of piperidine rings is 2. The predicted octanol–water partition coefficient (Wildman–Crippen LogP) is 3.04. The van der Waals surface area contributed by atoms with Gasteiger partial charge in [0.15, 0.2) is 0 Å². The first-order valence-electron chi connectivity index (χ1n) is 10.1. The summed E-state index contributed by atoms with van der Waals surface area (Å²) in [5.41, 5.74) is 0.636. The Kier molecular flexibility index (Phi) is 7.13. The van der Waals surface area contributed by atoms with Crippen LogP contribution in [0.15, 0.2) is 24.3 Å². The van der Waals surface area contributed by atoms with E-state index in [-0.39, 0.29) is 17.7 Å². The zero-order valence-corrected chi connectivity index (χ0v) is 16.9. The molecule has 1 aromatic carbocycles. The smallest absolute Gasteiger partial charge is 0.253 e.